The average Bonchev–Trinajstić information content (AvgIpc) is 2.82. The van der Waals surface area contributed by atoms with Gasteiger partial charge in [0.2, 0.25) is 0 Å². The zero-order chi connectivity index (χ0) is 14.9. The molecule has 0 saturated carbocycles. The van der Waals surface area contributed by atoms with E-state index in [1.165, 1.54) is 12.0 Å². The number of carboxylic acid groups (broad SMARTS) is 1. The van der Waals surface area contributed by atoms with Gasteiger partial charge in [0, 0.05) is 13.1 Å². The summed E-state index contributed by atoms with van der Waals surface area (Å²) < 4.78 is 5.16. The number of benzene rings is 1. The zero-order valence-corrected chi connectivity index (χ0v) is 12.1. The predicted octanol–water partition coefficient (Wildman–Crippen LogP) is 2.29. The molecule has 20 heavy (non-hydrogen) atoms. The number of rotatable bonds is 3. The van der Waals surface area contributed by atoms with E-state index in [9.17, 15) is 14.7 Å². The molecule has 1 aromatic rings. The molecular weight excluding hydrogens is 282 g/mol. The Labute approximate surface area is 122 Å². The standard InChI is InChI=1S/C14H16ClNO4/c1-14(13(18)19)6-7-16(8-14)12(17)11-9(15)4-3-5-10(11)20-2/h3-5H,6-8H2,1-2H3,(H,18,19)/t14-/m1/s1. The monoisotopic (exact) mass is 297 g/mol. The van der Waals surface area contributed by atoms with Crippen LogP contribution in [0.5, 0.6) is 5.75 Å². The highest BCUT2D eigenvalue weighted by molar-refractivity contribution is 6.34. The van der Waals surface area contributed by atoms with Crippen molar-refractivity contribution >= 4 is 23.5 Å². The van der Waals surface area contributed by atoms with Crippen molar-refractivity contribution in [1.82, 2.24) is 4.90 Å². The van der Waals surface area contributed by atoms with E-state index in [0.717, 1.165) is 0 Å². The van der Waals surface area contributed by atoms with Crippen LogP contribution in [0.4, 0.5) is 0 Å². The number of aliphatic carboxylic acids is 1. The van der Waals surface area contributed by atoms with Gasteiger partial charge in [-0.15, -0.1) is 0 Å². The van der Waals surface area contributed by atoms with Crippen LogP contribution >= 0.6 is 11.6 Å². The van der Waals surface area contributed by atoms with Gasteiger partial charge in [-0.3, -0.25) is 9.59 Å². The van der Waals surface area contributed by atoms with E-state index >= 15 is 0 Å². The average molecular weight is 298 g/mol. The van der Waals surface area contributed by atoms with Crippen LogP contribution in [0, 0.1) is 5.41 Å². The lowest BCUT2D eigenvalue weighted by atomic mass is 9.90. The van der Waals surface area contributed by atoms with Gasteiger partial charge in [-0.2, -0.15) is 0 Å². The van der Waals surface area contributed by atoms with Gasteiger partial charge < -0.3 is 14.7 Å². The second-order valence-corrected chi connectivity index (χ2v) is 5.57. The summed E-state index contributed by atoms with van der Waals surface area (Å²) in [6, 6.07) is 4.97. The quantitative estimate of drug-likeness (QED) is 0.929. The molecule has 1 N–H and O–H groups in total. The topological polar surface area (TPSA) is 66.8 Å². The molecule has 0 aliphatic carbocycles. The van der Waals surface area contributed by atoms with Crippen LogP contribution in [0.1, 0.15) is 23.7 Å². The SMILES string of the molecule is COc1cccc(Cl)c1C(=O)N1CC[C@@](C)(C(=O)O)C1. The summed E-state index contributed by atoms with van der Waals surface area (Å²) in [5.41, 5.74) is -0.615. The van der Waals surface area contributed by atoms with Crippen molar-refractivity contribution in [3.8, 4) is 5.75 Å². The number of amides is 1. The largest absolute Gasteiger partial charge is 0.496 e. The molecule has 1 heterocycles. The minimum absolute atomic E-state index is 0.176. The molecule has 108 valence electrons. The fourth-order valence-corrected chi connectivity index (χ4v) is 2.60. The van der Waals surface area contributed by atoms with Gasteiger partial charge in [0.25, 0.3) is 5.91 Å². The second-order valence-electron chi connectivity index (χ2n) is 5.16. The van der Waals surface area contributed by atoms with Gasteiger partial charge in [-0.25, -0.2) is 0 Å². The van der Waals surface area contributed by atoms with Crippen LogP contribution in [0.15, 0.2) is 18.2 Å². The lowest BCUT2D eigenvalue weighted by Crippen LogP contribution is -2.35. The van der Waals surface area contributed by atoms with E-state index in [4.69, 9.17) is 16.3 Å². The minimum Gasteiger partial charge on any atom is -0.496 e. The molecule has 1 aliphatic rings. The first kappa shape index (κ1) is 14.7. The maximum absolute atomic E-state index is 12.5. The number of nitrogens with zero attached hydrogens (tertiary/aromatic N) is 1. The maximum Gasteiger partial charge on any atom is 0.311 e. The molecule has 5 nitrogen and oxygen atoms in total. The molecule has 0 unspecified atom stereocenters. The molecule has 0 aromatic heterocycles. The molecule has 0 radical (unpaired) electrons. The molecule has 1 aromatic carbocycles. The number of carbonyl (C=O) groups is 2. The number of methoxy groups -OCH3 is 1. The highest BCUT2D eigenvalue weighted by Gasteiger charge is 2.42. The van der Waals surface area contributed by atoms with Gasteiger partial charge in [-0.05, 0) is 25.5 Å². The number of carboxylic acids is 1. The predicted molar refractivity (Wildman–Crippen MR) is 74.3 cm³/mol. The minimum atomic E-state index is -0.899. The van der Waals surface area contributed by atoms with Crippen LogP contribution in [0.3, 0.4) is 0 Å². The van der Waals surface area contributed by atoms with Crippen molar-refractivity contribution in [1.29, 1.82) is 0 Å². The van der Waals surface area contributed by atoms with Gasteiger partial charge in [0.1, 0.15) is 11.3 Å². The Balaban J connectivity index is 2.28. The number of ether oxygens (including phenoxy) is 1. The van der Waals surface area contributed by atoms with Crippen molar-refractivity contribution in [2.75, 3.05) is 20.2 Å². The normalized spacial score (nSPS) is 21.9. The van der Waals surface area contributed by atoms with Gasteiger partial charge in [0.15, 0.2) is 0 Å². The van der Waals surface area contributed by atoms with Crippen molar-refractivity contribution in [3.05, 3.63) is 28.8 Å². The fraction of sp³-hybridized carbons (Fsp3) is 0.429. The summed E-state index contributed by atoms with van der Waals surface area (Å²) in [7, 11) is 1.47. The molecule has 1 amide bonds. The van der Waals surface area contributed by atoms with Gasteiger partial charge in [0.05, 0.1) is 17.5 Å². The first-order chi connectivity index (χ1) is 9.39. The van der Waals surface area contributed by atoms with Crippen molar-refractivity contribution < 1.29 is 19.4 Å². The molecule has 1 atom stereocenters. The number of likely N-dealkylation sites (tertiary alicyclic amines) is 1. The highest BCUT2D eigenvalue weighted by Crippen LogP contribution is 2.34. The van der Waals surface area contributed by atoms with Crippen molar-refractivity contribution in [2.45, 2.75) is 13.3 Å². The third-order valence-electron chi connectivity index (χ3n) is 3.69. The summed E-state index contributed by atoms with van der Waals surface area (Å²) >= 11 is 6.07. The van der Waals surface area contributed by atoms with Crippen molar-refractivity contribution in [3.63, 3.8) is 0 Å². The lowest BCUT2D eigenvalue weighted by Gasteiger charge is -2.21. The molecule has 2 rings (SSSR count). The summed E-state index contributed by atoms with van der Waals surface area (Å²) in [6.07, 6.45) is 0.431. The third kappa shape index (κ3) is 2.45. The van der Waals surface area contributed by atoms with E-state index in [1.54, 1.807) is 25.1 Å². The molecule has 0 spiro atoms. The van der Waals surface area contributed by atoms with Crippen LogP contribution in [0.25, 0.3) is 0 Å². The smallest absolute Gasteiger partial charge is 0.311 e. The molecule has 1 saturated heterocycles. The number of hydrogen-bond donors (Lipinski definition) is 1. The van der Waals surface area contributed by atoms with Crippen LogP contribution < -0.4 is 4.74 Å². The number of carbonyl (C=O) groups excluding carboxylic acids is 1. The lowest BCUT2D eigenvalue weighted by molar-refractivity contribution is -0.147. The summed E-state index contributed by atoms with van der Waals surface area (Å²) in [4.78, 5) is 25.3. The van der Waals surface area contributed by atoms with Gasteiger partial charge in [-0.1, -0.05) is 17.7 Å². The first-order valence-corrected chi connectivity index (χ1v) is 6.62. The van der Waals surface area contributed by atoms with E-state index in [1.807, 2.05) is 0 Å². The van der Waals surface area contributed by atoms with Crippen molar-refractivity contribution in [2.24, 2.45) is 5.41 Å². The third-order valence-corrected chi connectivity index (χ3v) is 4.00. The number of hydrogen-bond acceptors (Lipinski definition) is 3. The number of halogens is 1. The van der Waals surface area contributed by atoms with Crippen LogP contribution in [-0.2, 0) is 4.79 Å². The summed E-state index contributed by atoms with van der Waals surface area (Å²) in [6.45, 7) is 2.22. The Kier molecular flexibility index (Phi) is 3.90. The Morgan fingerprint density at radius 1 is 1.45 bits per heavy atom. The molecule has 1 aliphatic heterocycles. The molecular formula is C14H16ClNO4. The van der Waals surface area contributed by atoms with E-state index < -0.39 is 11.4 Å². The molecule has 6 heteroatoms. The Morgan fingerprint density at radius 2 is 2.15 bits per heavy atom. The summed E-state index contributed by atoms with van der Waals surface area (Å²) in [5.74, 6) is -0.789. The summed E-state index contributed by atoms with van der Waals surface area (Å²) in [5, 5.41) is 9.51. The fourth-order valence-electron chi connectivity index (χ4n) is 2.35. The Morgan fingerprint density at radius 3 is 2.70 bits per heavy atom. The Hall–Kier alpha value is -1.75. The highest BCUT2D eigenvalue weighted by atomic mass is 35.5. The zero-order valence-electron chi connectivity index (χ0n) is 11.4. The van der Waals surface area contributed by atoms with Gasteiger partial charge >= 0.3 is 5.97 Å². The second kappa shape index (κ2) is 5.32. The maximum atomic E-state index is 12.5. The Bertz CT molecular complexity index is 560. The van der Waals surface area contributed by atoms with E-state index in [0.29, 0.717) is 23.7 Å². The van der Waals surface area contributed by atoms with E-state index in [2.05, 4.69) is 0 Å². The molecule has 1 fully saturated rings. The van der Waals surface area contributed by atoms with Crippen LogP contribution in [-0.4, -0.2) is 42.1 Å². The first-order valence-electron chi connectivity index (χ1n) is 6.24. The van der Waals surface area contributed by atoms with Crippen LogP contribution in [0.2, 0.25) is 5.02 Å². The van der Waals surface area contributed by atoms with E-state index in [-0.39, 0.29) is 18.0 Å². The molecule has 0 bridgehead atoms.